The molecule has 2 atom stereocenters. The minimum atomic E-state index is -1.80. The molecule has 3 heteroatoms. The molecule has 3 aromatic carbocycles. The van der Waals surface area contributed by atoms with Crippen molar-refractivity contribution in [2.75, 3.05) is 0 Å². The molecule has 2 nitrogen and oxygen atoms in total. The fraction of sp³-hybridized carbons (Fsp3) is 0.290. The van der Waals surface area contributed by atoms with Crippen LogP contribution in [-0.2, 0) is 9.31 Å². The molecule has 2 unspecified atom stereocenters. The number of benzene rings is 3. The smallest absolute Gasteiger partial charge is 0.349 e. The lowest BCUT2D eigenvalue weighted by Gasteiger charge is -2.49. The second kappa shape index (κ2) is 10.1. The molecular formula is C31H34BO2-. The normalized spacial score (nSPS) is 21.4. The Balaban J connectivity index is 1.70. The molecule has 1 spiro atoms. The lowest BCUT2D eigenvalue weighted by atomic mass is 9.46. The Kier molecular flexibility index (Phi) is 6.74. The monoisotopic (exact) mass is 449 g/mol. The second-order valence-corrected chi connectivity index (χ2v) is 9.49. The maximum Gasteiger partial charge on any atom is 0.349 e. The molecule has 0 saturated carbocycles. The third kappa shape index (κ3) is 4.14. The van der Waals surface area contributed by atoms with E-state index in [-0.39, 0.29) is 6.10 Å². The summed E-state index contributed by atoms with van der Waals surface area (Å²) in [5.74, 6) is 0.918. The van der Waals surface area contributed by atoms with E-state index in [0.717, 1.165) is 42.6 Å². The Morgan fingerprint density at radius 2 is 1.38 bits per heavy atom. The van der Waals surface area contributed by atoms with E-state index in [4.69, 9.17) is 9.31 Å². The average Bonchev–Trinajstić information content (AvgIpc) is 3.14. The van der Waals surface area contributed by atoms with Crippen LogP contribution in [0.2, 0.25) is 0 Å². The SMILES string of the molecule is CCCCC1=C(CCCC)[B-]2(OC(c3ccccc3)=CC(c3ccccc3)O2)c2ccccc21. The molecule has 0 saturated heterocycles. The lowest BCUT2D eigenvalue weighted by Crippen LogP contribution is -2.56. The first-order chi connectivity index (χ1) is 16.8. The first-order valence-corrected chi connectivity index (χ1v) is 12.9. The van der Waals surface area contributed by atoms with Gasteiger partial charge in [-0.25, -0.2) is 0 Å². The van der Waals surface area contributed by atoms with Gasteiger partial charge in [0.05, 0.1) is 11.9 Å². The van der Waals surface area contributed by atoms with Crippen molar-refractivity contribution in [2.24, 2.45) is 0 Å². The van der Waals surface area contributed by atoms with Gasteiger partial charge in [0.25, 0.3) is 0 Å². The Morgan fingerprint density at radius 1 is 0.735 bits per heavy atom. The van der Waals surface area contributed by atoms with Crippen molar-refractivity contribution in [3.05, 3.63) is 113 Å². The minimum Gasteiger partial charge on any atom is -0.685 e. The van der Waals surface area contributed by atoms with Crippen molar-refractivity contribution < 1.29 is 9.31 Å². The molecule has 2 aliphatic heterocycles. The highest BCUT2D eigenvalue weighted by Gasteiger charge is 2.46. The van der Waals surface area contributed by atoms with Gasteiger partial charge < -0.3 is 9.31 Å². The number of hydrogen-bond acceptors (Lipinski definition) is 2. The number of rotatable bonds is 8. The molecular weight excluding hydrogens is 415 g/mol. The van der Waals surface area contributed by atoms with Gasteiger partial charge in [-0.1, -0.05) is 136 Å². The molecule has 0 amide bonds. The van der Waals surface area contributed by atoms with Crippen LogP contribution in [-0.4, -0.2) is 6.55 Å². The Hall–Kier alpha value is -3.04. The third-order valence-electron chi connectivity index (χ3n) is 7.24. The molecule has 34 heavy (non-hydrogen) atoms. The highest BCUT2D eigenvalue weighted by Crippen LogP contribution is 2.47. The summed E-state index contributed by atoms with van der Waals surface area (Å²) in [6, 6.07) is 29.8. The molecule has 0 N–H and O–H groups in total. The Bertz CT molecular complexity index is 1180. The second-order valence-electron chi connectivity index (χ2n) is 9.49. The third-order valence-corrected chi connectivity index (χ3v) is 7.24. The molecule has 0 aliphatic carbocycles. The van der Waals surface area contributed by atoms with Crippen LogP contribution in [0, 0.1) is 0 Å². The van der Waals surface area contributed by atoms with Gasteiger partial charge >= 0.3 is 6.55 Å². The molecule has 2 heterocycles. The highest BCUT2D eigenvalue weighted by molar-refractivity contribution is 6.91. The number of hydrogen-bond donors (Lipinski definition) is 0. The van der Waals surface area contributed by atoms with Gasteiger partial charge in [0.1, 0.15) is 0 Å². The summed E-state index contributed by atoms with van der Waals surface area (Å²) in [6.07, 6.45) is 8.70. The zero-order chi connectivity index (χ0) is 23.4. The first-order valence-electron chi connectivity index (χ1n) is 12.9. The van der Waals surface area contributed by atoms with E-state index in [1.165, 1.54) is 34.9 Å². The lowest BCUT2D eigenvalue weighted by molar-refractivity contribution is 0.178. The van der Waals surface area contributed by atoms with Gasteiger partial charge in [-0.3, -0.25) is 0 Å². The quantitative estimate of drug-likeness (QED) is 0.326. The van der Waals surface area contributed by atoms with E-state index in [1.807, 2.05) is 0 Å². The fourth-order valence-electron chi connectivity index (χ4n) is 5.55. The summed E-state index contributed by atoms with van der Waals surface area (Å²) in [5, 5.41) is 0. The van der Waals surface area contributed by atoms with E-state index in [1.54, 1.807) is 0 Å². The zero-order valence-corrected chi connectivity index (χ0v) is 20.4. The van der Waals surface area contributed by atoms with Gasteiger partial charge in [0.15, 0.2) is 0 Å². The number of fused-ring (bicyclic) bond motifs is 2. The van der Waals surface area contributed by atoms with Crippen LogP contribution in [0.4, 0.5) is 0 Å². The number of allylic oxidation sites excluding steroid dienone is 2. The minimum absolute atomic E-state index is 0.166. The maximum atomic E-state index is 7.13. The molecule has 174 valence electrons. The van der Waals surface area contributed by atoms with Gasteiger partial charge in [-0.05, 0) is 24.5 Å². The van der Waals surface area contributed by atoms with Crippen LogP contribution in [0.25, 0.3) is 11.3 Å². The zero-order valence-electron chi connectivity index (χ0n) is 20.4. The molecule has 0 aromatic heterocycles. The van der Waals surface area contributed by atoms with Crippen LogP contribution < -0.4 is 5.46 Å². The van der Waals surface area contributed by atoms with Crippen molar-refractivity contribution >= 4 is 23.3 Å². The highest BCUT2D eigenvalue weighted by atomic mass is 16.6. The van der Waals surface area contributed by atoms with Crippen LogP contribution in [0.5, 0.6) is 0 Å². The molecule has 0 radical (unpaired) electrons. The predicted molar refractivity (Wildman–Crippen MR) is 144 cm³/mol. The van der Waals surface area contributed by atoms with Crippen molar-refractivity contribution in [1.82, 2.24) is 0 Å². The fourth-order valence-corrected chi connectivity index (χ4v) is 5.55. The van der Waals surface area contributed by atoms with Crippen LogP contribution in [0.15, 0.2) is 96.5 Å². The van der Waals surface area contributed by atoms with E-state index in [2.05, 4.69) is 105 Å². The van der Waals surface area contributed by atoms with E-state index < -0.39 is 6.55 Å². The molecule has 2 aliphatic rings. The summed E-state index contributed by atoms with van der Waals surface area (Å²) in [7, 11) is 0. The summed E-state index contributed by atoms with van der Waals surface area (Å²) in [6.45, 7) is 2.73. The van der Waals surface area contributed by atoms with Gasteiger partial charge in [-0.15, -0.1) is 5.46 Å². The Labute approximate surface area is 204 Å². The van der Waals surface area contributed by atoms with Crippen LogP contribution >= 0.6 is 0 Å². The van der Waals surface area contributed by atoms with Crippen LogP contribution in [0.1, 0.15) is 75.2 Å². The van der Waals surface area contributed by atoms with Crippen molar-refractivity contribution in [2.45, 2.75) is 58.5 Å². The maximum absolute atomic E-state index is 7.13. The summed E-state index contributed by atoms with van der Waals surface area (Å²) in [4.78, 5) is 0. The van der Waals surface area contributed by atoms with Gasteiger partial charge in [-0.2, -0.15) is 5.47 Å². The molecule has 0 fully saturated rings. The average molecular weight is 449 g/mol. The van der Waals surface area contributed by atoms with Crippen LogP contribution in [0.3, 0.4) is 0 Å². The molecule has 0 bridgehead atoms. The molecule has 5 rings (SSSR count). The van der Waals surface area contributed by atoms with Crippen molar-refractivity contribution in [3.63, 3.8) is 0 Å². The number of unbranched alkanes of at least 4 members (excludes halogenated alkanes) is 2. The molecule has 3 aromatic rings. The summed E-state index contributed by atoms with van der Waals surface area (Å²) >= 11 is 0. The summed E-state index contributed by atoms with van der Waals surface area (Å²) in [5.41, 5.74) is 7.62. The topological polar surface area (TPSA) is 18.5 Å². The first kappa shape index (κ1) is 22.7. The predicted octanol–water partition coefficient (Wildman–Crippen LogP) is 7.85. The van der Waals surface area contributed by atoms with Gasteiger partial charge in [0, 0.05) is 5.56 Å². The van der Waals surface area contributed by atoms with Crippen molar-refractivity contribution in [1.29, 1.82) is 0 Å². The Morgan fingerprint density at radius 3 is 2.12 bits per heavy atom. The standard InChI is InChI=1S/C31H34BO2/c1-3-5-19-26-27-20-13-14-22-29(27)32(28(26)21-6-4-2)33-30(24-15-9-7-10-16-24)23-31(34-32)25-17-11-8-12-18-25/h7-18,20,22-23,30H,3-6,19,21H2,1-2H3/q-1. The largest absolute Gasteiger partial charge is 0.685 e. The van der Waals surface area contributed by atoms with E-state index in [0.29, 0.717) is 0 Å². The summed E-state index contributed by atoms with van der Waals surface area (Å²) < 4.78 is 14.2. The van der Waals surface area contributed by atoms with Gasteiger partial charge in [0.2, 0.25) is 0 Å². The van der Waals surface area contributed by atoms with Crippen molar-refractivity contribution in [3.8, 4) is 0 Å². The van der Waals surface area contributed by atoms with E-state index >= 15 is 0 Å². The van der Waals surface area contributed by atoms with E-state index in [9.17, 15) is 0 Å².